The number of fused-ring (bicyclic) bond motifs is 1. The van der Waals surface area contributed by atoms with E-state index in [1.807, 2.05) is 6.07 Å². The van der Waals surface area contributed by atoms with Crippen molar-refractivity contribution in [2.45, 2.75) is 37.8 Å². The van der Waals surface area contributed by atoms with Crippen LogP contribution in [0.15, 0.2) is 48.5 Å². The van der Waals surface area contributed by atoms with E-state index in [0.29, 0.717) is 13.1 Å². The van der Waals surface area contributed by atoms with Gasteiger partial charge >= 0.3 is 0 Å². The zero-order valence-electron chi connectivity index (χ0n) is 17.2. The number of sulfonamides is 1. The molecule has 6 heteroatoms. The van der Waals surface area contributed by atoms with E-state index in [2.05, 4.69) is 54.3 Å². The lowest BCUT2D eigenvalue weighted by atomic mass is 9.74. The number of hydrogen-bond donors (Lipinski definition) is 1. The third-order valence-corrected chi connectivity index (χ3v) is 7.82. The molecule has 2 heterocycles. The Hall–Kier alpha value is -1.73. The molecular formula is C23H30N2O3S. The molecule has 0 amide bonds. The van der Waals surface area contributed by atoms with Crippen LogP contribution in [0.3, 0.4) is 0 Å². The van der Waals surface area contributed by atoms with Gasteiger partial charge in [0.1, 0.15) is 0 Å². The summed E-state index contributed by atoms with van der Waals surface area (Å²) in [6.45, 7) is 4.22. The van der Waals surface area contributed by atoms with Crippen LogP contribution in [0.4, 0.5) is 0 Å². The third kappa shape index (κ3) is 3.99. The second kappa shape index (κ2) is 8.19. The normalized spacial score (nSPS) is 26.2. The number of aliphatic hydroxyl groups is 1. The Morgan fingerprint density at radius 2 is 1.72 bits per heavy atom. The largest absolute Gasteiger partial charge is 0.395 e. The van der Waals surface area contributed by atoms with Crippen LogP contribution in [-0.4, -0.2) is 67.3 Å². The Morgan fingerprint density at radius 1 is 1.03 bits per heavy atom. The Morgan fingerprint density at radius 3 is 2.38 bits per heavy atom. The molecule has 1 N–H and O–H groups in total. The van der Waals surface area contributed by atoms with Crippen LogP contribution in [-0.2, 0) is 10.0 Å². The molecule has 2 saturated heterocycles. The van der Waals surface area contributed by atoms with Gasteiger partial charge in [-0.3, -0.25) is 4.90 Å². The van der Waals surface area contributed by atoms with Crippen molar-refractivity contribution in [1.82, 2.24) is 9.21 Å². The van der Waals surface area contributed by atoms with Crippen molar-refractivity contribution in [2.24, 2.45) is 0 Å². The van der Waals surface area contributed by atoms with Gasteiger partial charge in [-0.05, 0) is 48.6 Å². The molecule has 0 unspecified atom stereocenters. The highest BCUT2D eigenvalue weighted by Gasteiger charge is 2.49. The average Bonchev–Trinajstić information content (AvgIpc) is 2.67. The van der Waals surface area contributed by atoms with Gasteiger partial charge in [-0.25, -0.2) is 12.7 Å². The molecule has 0 saturated carbocycles. The summed E-state index contributed by atoms with van der Waals surface area (Å²) in [5, 5.41) is 10.0. The van der Waals surface area contributed by atoms with Crippen LogP contribution < -0.4 is 0 Å². The fourth-order valence-corrected chi connectivity index (χ4v) is 5.88. The highest BCUT2D eigenvalue weighted by Crippen LogP contribution is 2.42. The van der Waals surface area contributed by atoms with Gasteiger partial charge in [0.25, 0.3) is 0 Å². The highest BCUT2D eigenvalue weighted by molar-refractivity contribution is 7.88. The fourth-order valence-electron chi connectivity index (χ4n) is 4.99. The van der Waals surface area contributed by atoms with E-state index in [0.717, 1.165) is 19.4 Å². The third-order valence-electron chi connectivity index (χ3n) is 6.55. The van der Waals surface area contributed by atoms with E-state index in [1.165, 1.54) is 28.5 Å². The van der Waals surface area contributed by atoms with E-state index in [4.69, 9.17) is 0 Å². The summed E-state index contributed by atoms with van der Waals surface area (Å²) >= 11 is 0. The first kappa shape index (κ1) is 20.5. The van der Waals surface area contributed by atoms with Gasteiger partial charge in [0.05, 0.1) is 12.9 Å². The SMILES string of the molecule is Cc1ccccc1-c1ccc([C@@H]2[C@H]3CN(S(C)(=O)=O)CCCCN3[C@H]2CO)cc1. The molecule has 2 fully saturated rings. The molecule has 0 aromatic heterocycles. The first-order chi connectivity index (χ1) is 13.9. The fraction of sp³-hybridized carbons (Fsp3) is 0.478. The average molecular weight is 415 g/mol. The zero-order chi connectivity index (χ0) is 20.6. The molecule has 4 rings (SSSR count). The Bertz CT molecular complexity index is 958. The minimum atomic E-state index is -3.22. The minimum Gasteiger partial charge on any atom is -0.395 e. The van der Waals surface area contributed by atoms with E-state index >= 15 is 0 Å². The lowest BCUT2D eigenvalue weighted by Crippen LogP contribution is -2.67. The van der Waals surface area contributed by atoms with Gasteiger partial charge in [-0.15, -0.1) is 0 Å². The lowest BCUT2D eigenvalue weighted by Gasteiger charge is -2.57. The topological polar surface area (TPSA) is 60.9 Å². The van der Waals surface area contributed by atoms with Gasteiger partial charge in [-0.1, -0.05) is 48.5 Å². The van der Waals surface area contributed by atoms with Gasteiger partial charge in [0.15, 0.2) is 0 Å². The minimum absolute atomic E-state index is 0.0591. The summed E-state index contributed by atoms with van der Waals surface area (Å²) in [5.74, 6) is 0.147. The summed E-state index contributed by atoms with van der Waals surface area (Å²) in [5.41, 5.74) is 4.82. The van der Waals surface area contributed by atoms with Crippen molar-refractivity contribution in [3.63, 3.8) is 0 Å². The maximum atomic E-state index is 12.2. The number of aliphatic hydroxyl groups excluding tert-OH is 1. The van der Waals surface area contributed by atoms with E-state index in [1.54, 1.807) is 4.31 Å². The standard InChI is InChI=1S/C23H30N2O3S/c1-17-7-3-4-8-20(17)18-9-11-19(12-10-18)23-21-15-24(29(2,27)28)13-5-6-14-25(21)22(23)16-26/h3-4,7-12,21-23,26H,5-6,13-16H2,1-2H3/t21-,22+,23-/m1/s1. The van der Waals surface area contributed by atoms with Crippen molar-refractivity contribution in [1.29, 1.82) is 0 Å². The maximum Gasteiger partial charge on any atom is 0.211 e. The predicted molar refractivity (Wildman–Crippen MR) is 116 cm³/mol. The molecule has 29 heavy (non-hydrogen) atoms. The molecular weight excluding hydrogens is 384 g/mol. The van der Waals surface area contributed by atoms with Crippen LogP contribution in [0.25, 0.3) is 11.1 Å². The molecule has 0 radical (unpaired) electrons. The quantitative estimate of drug-likeness (QED) is 0.836. The van der Waals surface area contributed by atoms with E-state index < -0.39 is 10.0 Å². The van der Waals surface area contributed by atoms with Crippen molar-refractivity contribution < 1.29 is 13.5 Å². The molecule has 2 aromatic carbocycles. The molecule has 3 atom stereocenters. The van der Waals surface area contributed by atoms with Crippen molar-refractivity contribution >= 4 is 10.0 Å². The van der Waals surface area contributed by atoms with Crippen molar-refractivity contribution in [2.75, 3.05) is 32.5 Å². The predicted octanol–water partition coefficient (Wildman–Crippen LogP) is 2.85. The van der Waals surface area contributed by atoms with E-state index in [-0.39, 0.29) is 24.6 Å². The number of aryl methyl sites for hydroxylation is 1. The molecule has 0 spiro atoms. The second-order valence-corrected chi connectivity index (χ2v) is 10.3. The summed E-state index contributed by atoms with van der Waals surface area (Å²) in [6.07, 6.45) is 3.12. The van der Waals surface area contributed by atoms with Crippen LogP contribution in [0.5, 0.6) is 0 Å². The summed E-state index contributed by atoms with van der Waals surface area (Å²) in [4.78, 5) is 2.30. The monoisotopic (exact) mass is 414 g/mol. The van der Waals surface area contributed by atoms with Crippen LogP contribution in [0.1, 0.15) is 29.9 Å². The Labute approximate surface area is 174 Å². The van der Waals surface area contributed by atoms with Gasteiger partial charge < -0.3 is 5.11 Å². The van der Waals surface area contributed by atoms with Crippen molar-refractivity contribution in [3.8, 4) is 11.1 Å². The van der Waals surface area contributed by atoms with Crippen LogP contribution in [0, 0.1) is 6.92 Å². The molecule has 0 bridgehead atoms. The summed E-state index contributed by atoms with van der Waals surface area (Å²) in [6, 6.07) is 17.1. The van der Waals surface area contributed by atoms with Gasteiger partial charge in [-0.2, -0.15) is 0 Å². The number of benzene rings is 2. The Balaban J connectivity index is 1.61. The van der Waals surface area contributed by atoms with Crippen LogP contribution in [0.2, 0.25) is 0 Å². The first-order valence-corrected chi connectivity index (χ1v) is 12.2. The van der Waals surface area contributed by atoms with Crippen LogP contribution >= 0.6 is 0 Å². The number of hydrogen-bond acceptors (Lipinski definition) is 4. The first-order valence-electron chi connectivity index (χ1n) is 10.4. The number of rotatable bonds is 4. The van der Waals surface area contributed by atoms with Gasteiger partial charge in [0, 0.05) is 31.1 Å². The lowest BCUT2D eigenvalue weighted by molar-refractivity contribution is -0.0553. The van der Waals surface area contributed by atoms with Crippen molar-refractivity contribution in [3.05, 3.63) is 59.7 Å². The summed E-state index contributed by atoms with van der Waals surface area (Å²) < 4.78 is 26.0. The highest BCUT2D eigenvalue weighted by atomic mass is 32.2. The maximum absolute atomic E-state index is 12.2. The molecule has 2 aliphatic heterocycles. The summed E-state index contributed by atoms with van der Waals surface area (Å²) in [7, 11) is -3.22. The molecule has 2 aliphatic rings. The van der Waals surface area contributed by atoms with Gasteiger partial charge in [0.2, 0.25) is 10.0 Å². The molecule has 0 aliphatic carbocycles. The molecule has 2 aromatic rings. The molecule has 5 nitrogen and oxygen atoms in total. The van der Waals surface area contributed by atoms with E-state index in [9.17, 15) is 13.5 Å². The molecule has 156 valence electrons. The second-order valence-electron chi connectivity index (χ2n) is 8.35. The zero-order valence-corrected chi connectivity index (χ0v) is 18.0. The Kier molecular flexibility index (Phi) is 5.80. The number of nitrogens with zero attached hydrogens (tertiary/aromatic N) is 2. The smallest absolute Gasteiger partial charge is 0.211 e.